The van der Waals surface area contributed by atoms with Gasteiger partial charge in [0.05, 0.1) is 11.6 Å². The van der Waals surface area contributed by atoms with Crippen LogP contribution in [0, 0.1) is 0 Å². The SMILES string of the molecule is CCCC1CN(c2ccc(Br)c(OC)c2)CCCN1. The molecule has 1 saturated heterocycles. The van der Waals surface area contributed by atoms with Crippen molar-refractivity contribution in [2.45, 2.75) is 32.2 Å². The van der Waals surface area contributed by atoms with Crippen LogP contribution in [0.1, 0.15) is 26.2 Å². The van der Waals surface area contributed by atoms with Crippen LogP contribution < -0.4 is 15.0 Å². The topological polar surface area (TPSA) is 24.5 Å². The zero-order valence-corrected chi connectivity index (χ0v) is 13.4. The monoisotopic (exact) mass is 326 g/mol. The molecule has 1 fully saturated rings. The number of nitrogens with one attached hydrogen (secondary N) is 1. The number of benzene rings is 1. The van der Waals surface area contributed by atoms with Gasteiger partial charge in [-0.15, -0.1) is 0 Å². The van der Waals surface area contributed by atoms with Gasteiger partial charge in [-0.3, -0.25) is 0 Å². The summed E-state index contributed by atoms with van der Waals surface area (Å²) in [4.78, 5) is 2.47. The van der Waals surface area contributed by atoms with E-state index in [-0.39, 0.29) is 0 Å². The molecule has 3 nitrogen and oxygen atoms in total. The first kappa shape index (κ1) is 14.7. The number of hydrogen-bond acceptors (Lipinski definition) is 3. The third kappa shape index (κ3) is 3.86. The summed E-state index contributed by atoms with van der Waals surface area (Å²) in [5, 5.41) is 3.64. The standard InChI is InChI=1S/C15H23BrN2O/c1-3-5-12-11-18(9-4-8-17-12)13-6-7-14(16)15(10-13)19-2/h6-7,10,12,17H,3-5,8-9,11H2,1-2H3. The van der Waals surface area contributed by atoms with E-state index in [9.17, 15) is 0 Å². The molecule has 1 unspecified atom stereocenters. The van der Waals surface area contributed by atoms with Crippen molar-refractivity contribution in [1.82, 2.24) is 5.32 Å². The van der Waals surface area contributed by atoms with Crippen molar-refractivity contribution in [2.75, 3.05) is 31.6 Å². The molecule has 1 N–H and O–H groups in total. The molecular weight excluding hydrogens is 304 g/mol. The van der Waals surface area contributed by atoms with E-state index in [1.54, 1.807) is 7.11 Å². The van der Waals surface area contributed by atoms with Crippen LogP contribution in [0.5, 0.6) is 5.75 Å². The molecule has 0 radical (unpaired) electrons. The third-order valence-corrected chi connectivity index (χ3v) is 4.27. The number of rotatable bonds is 4. The van der Waals surface area contributed by atoms with Crippen molar-refractivity contribution in [3.63, 3.8) is 0 Å². The summed E-state index contributed by atoms with van der Waals surface area (Å²) in [5.41, 5.74) is 1.25. The van der Waals surface area contributed by atoms with Gasteiger partial charge in [0.2, 0.25) is 0 Å². The molecule has 0 amide bonds. The van der Waals surface area contributed by atoms with Crippen LogP contribution in [0.3, 0.4) is 0 Å². The number of hydrogen-bond donors (Lipinski definition) is 1. The number of halogens is 1. The van der Waals surface area contributed by atoms with Crippen molar-refractivity contribution in [3.8, 4) is 5.75 Å². The molecule has 0 bridgehead atoms. The van der Waals surface area contributed by atoms with Crippen molar-refractivity contribution in [3.05, 3.63) is 22.7 Å². The Morgan fingerprint density at radius 2 is 2.32 bits per heavy atom. The Morgan fingerprint density at radius 3 is 3.05 bits per heavy atom. The fraction of sp³-hybridized carbons (Fsp3) is 0.600. The highest BCUT2D eigenvalue weighted by molar-refractivity contribution is 9.10. The van der Waals surface area contributed by atoms with Crippen LogP contribution in [-0.4, -0.2) is 32.8 Å². The van der Waals surface area contributed by atoms with E-state index in [0.717, 1.165) is 29.9 Å². The van der Waals surface area contributed by atoms with E-state index in [1.165, 1.54) is 24.9 Å². The molecule has 2 rings (SSSR count). The second-order valence-electron chi connectivity index (χ2n) is 5.06. The van der Waals surface area contributed by atoms with E-state index in [1.807, 2.05) is 0 Å². The van der Waals surface area contributed by atoms with Crippen LogP contribution in [0.4, 0.5) is 5.69 Å². The summed E-state index contributed by atoms with van der Waals surface area (Å²) in [6, 6.07) is 6.96. The summed E-state index contributed by atoms with van der Waals surface area (Å²) in [5.74, 6) is 0.904. The van der Waals surface area contributed by atoms with Crippen LogP contribution in [0.15, 0.2) is 22.7 Å². The smallest absolute Gasteiger partial charge is 0.135 e. The average molecular weight is 327 g/mol. The third-order valence-electron chi connectivity index (χ3n) is 3.62. The normalized spacial score (nSPS) is 20.2. The maximum atomic E-state index is 5.39. The zero-order chi connectivity index (χ0) is 13.7. The van der Waals surface area contributed by atoms with E-state index >= 15 is 0 Å². The van der Waals surface area contributed by atoms with Crippen molar-refractivity contribution < 1.29 is 4.74 Å². The second kappa shape index (κ2) is 7.15. The Balaban J connectivity index is 2.14. The second-order valence-corrected chi connectivity index (χ2v) is 5.91. The predicted molar refractivity (Wildman–Crippen MR) is 84.2 cm³/mol. The molecule has 19 heavy (non-hydrogen) atoms. The minimum atomic E-state index is 0.599. The van der Waals surface area contributed by atoms with E-state index < -0.39 is 0 Å². The Morgan fingerprint density at radius 1 is 1.47 bits per heavy atom. The lowest BCUT2D eigenvalue weighted by molar-refractivity contribution is 0.412. The van der Waals surface area contributed by atoms with Crippen molar-refractivity contribution in [2.24, 2.45) is 0 Å². The Hall–Kier alpha value is -0.740. The van der Waals surface area contributed by atoms with Gasteiger partial charge in [-0.25, -0.2) is 0 Å². The lowest BCUT2D eigenvalue weighted by atomic mass is 10.1. The maximum absolute atomic E-state index is 5.39. The van der Waals surface area contributed by atoms with Gasteiger partial charge in [0.15, 0.2) is 0 Å². The fourth-order valence-electron chi connectivity index (χ4n) is 2.62. The van der Waals surface area contributed by atoms with Gasteiger partial charge in [-0.05, 0) is 47.4 Å². The van der Waals surface area contributed by atoms with Gasteiger partial charge in [0, 0.05) is 30.9 Å². The number of anilines is 1. The quantitative estimate of drug-likeness (QED) is 0.917. The largest absolute Gasteiger partial charge is 0.495 e. The van der Waals surface area contributed by atoms with Crippen LogP contribution >= 0.6 is 15.9 Å². The fourth-order valence-corrected chi connectivity index (χ4v) is 3.03. The summed E-state index contributed by atoms with van der Waals surface area (Å²) >= 11 is 3.51. The van der Waals surface area contributed by atoms with Crippen LogP contribution in [-0.2, 0) is 0 Å². The Kier molecular flexibility index (Phi) is 5.52. The maximum Gasteiger partial charge on any atom is 0.135 e. The molecule has 0 saturated carbocycles. The Bertz CT molecular complexity index is 411. The molecular formula is C15H23BrN2O. The van der Waals surface area contributed by atoms with E-state index in [4.69, 9.17) is 4.74 Å². The minimum absolute atomic E-state index is 0.599. The van der Waals surface area contributed by atoms with Gasteiger partial charge in [0.1, 0.15) is 5.75 Å². The van der Waals surface area contributed by atoms with Gasteiger partial charge in [-0.2, -0.15) is 0 Å². The van der Waals surface area contributed by atoms with E-state index in [2.05, 4.69) is 51.3 Å². The number of ether oxygens (including phenoxy) is 1. The molecule has 4 heteroatoms. The molecule has 1 aromatic rings. The van der Waals surface area contributed by atoms with Gasteiger partial charge in [0.25, 0.3) is 0 Å². The van der Waals surface area contributed by atoms with Gasteiger partial charge < -0.3 is 15.0 Å². The minimum Gasteiger partial charge on any atom is -0.495 e. The van der Waals surface area contributed by atoms with E-state index in [0.29, 0.717) is 6.04 Å². The summed E-state index contributed by atoms with van der Waals surface area (Å²) in [6.45, 7) is 5.56. The highest BCUT2D eigenvalue weighted by Crippen LogP contribution is 2.30. The summed E-state index contributed by atoms with van der Waals surface area (Å²) < 4.78 is 6.40. The van der Waals surface area contributed by atoms with Gasteiger partial charge >= 0.3 is 0 Å². The molecule has 0 aromatic heterocycles. The molecule has 1 aromatic carbocycles. The lowest BCUT2D eigenvalue weighted by Crippen LogP contribution is -2.37. The molecule has 106 valence electrons. The molecule has 1 atom stereocenters. The molecule has 1 aliphatic rings. The molecule has 1 heterocycles. The zero-order valence-electron chi connectivity index (χ0n) is 11.8. The summed E-state index contributed by atoms with van der Waals surface area (Å²) in [7, 11) is 1.72. The first-order valence-corrected chi connectivity index (χ1v) is 7.85. The van der Waals surface area contributed by atoms with Crippen LogP contribution in [0.2, 0.25) is 0 Å². The highest BCUT2D eigenvalue weighted by atomic mass is 79.9. The average Bonchev–Trinajstić information content (AvgIpc) is 2.65. The predicted octanol–water partition coefficient (Wildman–Crippen LogP) is 3.43. The number of nitrogens with zero attached hydrogens (tertiary/aromatic N) is 1. The summed E-state index contributed by atoms with van der Waals surface area (Å²) in [6.07, 6.45) is 3.66. The highest BCUT2D eigenvalue weighted by Gasteiger charge is 2.18. The van der Waals surface area contributed by atoms with Crippen molar-refractivity contribution in [1.29, 1.82) is 0 Å². The first-order valence-electron chi connectivity index (χ1n) is 7.06. The van der Waals surface area contributed by atoms with Crippen molar-refractivity contribution >= 4 is 21.6 Å². The molecule has 0 spiro atoms. The number of methoxy groups -OCH3 is 1. The Labute approximate surface area is 124 Å². The first-order chi connectivity index (χ1) is 9.24. The molecule has 0 aliphatic carbocycles. The van der Waals surface area contributed by atoms with Gasteiger partial charge in [-0.1, -0.05) is 13.3 Å². The lowest BCUT2D eigenvalue weighted by Gasteiger charge is -2.27. The molecule has 1 aliphatic heterocycles. The van der Waals surface area contributed by atoms with Crippen LogP contribution in [0.25, 0.3) is 0 Å².